The van der Waals surface area contributed by atoms with E-state index in [0.29, 0.717) is 4.90 Å². The maximum absolute atomic E-state index is 11.8. The van der Waals surface area contributed by atoms with Crippen molar-refractivity contribution in [2.45, 2.75) is 30.3 Å². The van der Waals surface area contributed by atoms with Gasteiger partial charge in [0.15, 0.2) is 0 Å². The lowest BCUT2D eigenvalue weighted by Gasteiger charge is -2.06. The van der Waals surface area contributed by atoms with E-state index in [1.165, 1.54) is 0 Å². The zero-order valence-electron chi connectivity index (χ0n) is 8.47. The first-order chi connectivity index (χ1) is 6.99. The van der Waals surface area contributed by atoms with Crippen molar-refractivity contribution in [2.24, 2.45) is 5.73 Å². The maximum atomic E-state index is 11.8. The molecule has 1 saturated carbocycles. The third-order valence-electron chi connectivity index (χ3n) is 2.45. The molecule has 2 unspecified atom stereocenters. The molecule has 5 heteroatoms. The molecule has 0 aliphatic heterocycles. The van der Waals surface area contributed by atoms with Crippen LogP contribution < -0.4 is 10.5 Å². The highest BCUT2D eigenvalue weighted by Gasteiger charge is 2.37. The molecule has 4 nitrogen and oxygen atoms in total. The number of aryl methyl sites for hydroxylation is 1. The number of hydrogen-bond acceptors (Lipinski definition) is 3. The van der Waals surface area contributed by atoms with Crippen LogP contribution in [0.1, 0.15) is 12.0 Å². The van der Waals surface area contributed by atoms with E-state index in [2.05, 4.69) is 4.72 Å². The number of benzene rings is 1. The quantitative estimate of drug-likeness (QED) is 0.782. The average molecular weight is 226 g/mol. The zero-order valence-corrected chi connectivity index (χ0v) is 9.29. The normalized spacial score (nSPS) is 25.2. The summed E-state index contributed by atoms with van der Waals surface area (Å²) in [7, 11) is -3.38. The first kappa shape index (κ1) is 10.6. The predicted molar refractivity (Wildman–Crippen MR) is 57.9 cm³/mol. The highest BCUT2D eigenvalue weighted by atomic mass is 32.2. The van der Waals surface area contributed by atoms with Gasteiger partial charge in [-0.3, -0.25) is 0 Å². The fourth-order valence-corrected chi connectivity index (χ4v) is 2.80. The van der Waals surface area contributed by atoms with Gasteiger partial charge < -0.3 is 5.73 Å². The molecule has 1 aliphatic carbocycles. The van der Waals surface area contributed by atoms with Gasteiger partial charge in [0.1, 0.15) is 0 Å². The monoisotopic (exact) mass is 226 g/mol. The molecule has 0 heterocycles. The predicted octanol–water partition coefficient (Wildman–Crippen LogP) is 0.373. The van der Waals surface area contributed by atoms with Crippen LogP contribution in [0, 0.1) is 6.92 Å². The lowest BCUT2D eigenvalue weighted by atomic mass is 10.2. The van der Waals surface area contributed by atoms with Crippen molar-refractivity contribution in [3.63, 3.8) is 0 Å². The Morgan fingerprint density at radius 1 is 1.47 bits per heavy atom. The Bertz CT molecular complexity index is 470. The molecule has 0 spiro atoms. The highest BCUT2D eigenvalue weighted by molar-refractivity contribution is 7.89. The summed E-state index contributed by atoms with van der Waals surface area (Å²) in [4.78, 5) is 0.307. The van der Waals surface area contributed by atoms with Gasteiger partial charge in [-0.1, -0.05) is 12.1 Å². The first-order valence-corrected chi connectivity index (χ1v) is 6.32. The Morgan fingerprint density at radius 2 is 2.13 bits per heavy atom. The molecule has 0 amide bonds. The van der Waals surface area contributed by atoms with Crippen LogP contribution in [0.15, 0.2) is 29.2 Å². The highest BCUT2D eigenvalue weighted by Crippen LogP contribution is 2.21. The Labute approximate surface area is 89.5 Å². The van der Waals surface area contributed by atoms with Gasteiger partial charge in [0.2, 0.25) is 10.0 Å². The SMILES string of the molecule is Cc1cccc(S(=O)(=O)NC2CC2N)c1. The Balaban J connectivity index is 2.21. The van der Waals surface area contributed by atoms with Gasteiger partial charge in [0.25, 0.3) is 0 Å². The van der Waals surface area contributed by atoms with Crippen molar-refractivity contribution in [1.29, 1.82) is 0 Å². The van der Waals surface area contributed by atoms with E-state index in [1.54, 1.807) is 18.2 Å². The lowest BCUT2D eigenvalue weighted by molar-refractivity contribution is 0.579. The molecule has 1 aromatic rings. The van der Waals surface area contributed by atoms with Gasteiger partial charge >= 0.3 is 0 Å². The molecule has 2 atom stereocenters. The largest absolute Gasteiger partial charge is 0.326 e. The summed E-state index contributed by atoms with van der Waals surface area (Å²) in [5.74, 6) is 0. The van der Waals surface area contributed by atoms with Crippen LogP contribution in [0.5, 0.6) is 0 Å². The number of hydrogen-bond donors (Lipinski definition) is 2. The van der Waals surface area contributed by atoms with E-state index >= 15 is 0 Å². The van der Waals surface area contributed by atoms with Crippen LogP contribution >= 0.6 is 0 Å². The molecule has 0 saturated heterocycles. The van der Waals surface area contributed by atoms with Crippen LogP contribution in [-0.2, 0) is 10.0 Å². The fraction of sp³-hybridized carbons (Fsp3) is 0.400. The summed E-state index contributed by atoms with van der Waals surface area (Å²) < 4.78 is 26.2. The van der Waals surface area contributed by atoms with Crippen LogP contribution in [-0.4, -0.2) is 20.5 Å². The molecule has 1 aliphatic rings. The van der Waals surface area contributed by atoms with E-state index in [4.69, 9.17) is 5.73 Å². The smallest absolute Gasteiger partial charge is 0.240 e. The fourth-order valence-electron chi connectivity index (χ4n) is 1.40. The second kappa shape index (κ2) is 3.59. The topological polar surface area (TPSA) is 72.2 Å². The molecular formula is C10H14N2O2S. The Hall–Kier alpha value is -0.910. The number of sulfonamides is 1. The molecule has 0 aromatic heterocycles. The van der Waals surface area contributed by atoms with Crippen molar-refractivity contribution >= 4 is 10.0 Å². The Kier molecular flexibility index (Phi) is 2.54. The summed E-state index contributed by atoms with van der Waals surface area (Å²) in [5.41, 5.74) is 6.48. The van der Waals surface area contributed by atoms with Crippen LogP contribution in [0.3, 0.4) is 0 Å². The molecule has 0 bridgehead atoms. The summed E-state index contributed by atoms with van der Waals surface area (Å²) >= 11 is 0. The van der Waals surface area contributed by atoms with Crippen LogP contribution in [0.4, 0.5) is 0 Å². The average Bonchev–Trinajstić information content (AvgIpc) is 2.80. The van der Waals surface area contributed by atoms with E-state index in [9.17, 15) is 8.42 Å². The molecular weight excluding hydrogens is 212 g/mol. The van der Waals surface area contributed by atoms with Crippen molar-refractivity contribution in [1.82, 2.24) is 4.72 Å². The van der Waals surface area contributed by atoms with Crippen molar-refractivity contribution < 1.29 is 8.42 Å². The van der Waals surface area contributed by atoms with E-state index < -0.39 is 10.0 Å². The number of rotatable bonds is 3. The molecule has 0 radical (unpaired) electrons. The van der Waals surface area contributed by atoms with E-state index in [0.717, 1.165) is 12.0 Å². The first-order valence-electron chi connectivity index (χ1n) is 4.83. The lowest BCUT2D eigenvalue weighted by Crippen LogP contribution is -2.29. The van der Waals surface area contributed by atoms with Crippen molar-refractivity contribution in [2.75, 3.05) is 0 Å². The molecule has 1 fully saturated rings. The summed E-state index contributed by atoms with van der Waals surface area (Å²) in [6.07, 6.45) is 0.727. The van der Waals surface area contributed by atoms with Crippen LogP contribution in [0.25, 0.3) is 0 Å². The van der Waals surface area contributed by atoms with Gasteiger partial charge in [0, 0.05) is 12.1 Å². The summed E-state index contributed by atoms with van der Waals surface area (Å²) in [6.45, 7) is 1.86. The van der Waals surface area contributed by atoms with Crippen molar-refractivity contribution in [3.05, 3.63) is 29.8 Å². The molecule has 2 rings (SSSR count). The molecule has 1 aromatic carbocycles. The third-order valence-corrected chi connectivity index (χ3v) is 3.93. The van der Waals surface area contributed by atoms with Gasteiger partial charge in [-0.15, -0.1) is 0 Å². The summed E-state index contributed by atoms with van der Waals surface area (Å²) in [6, 6.07) is 6.72. The van der Waals surface area contributed by atoms with E-state index in [-0.39, 0.29) is 12.1 Å². The van der Waals surface area contributed by atoms with Gasteiger partial charge in [0.05, 0.1) is 4.90 Å². The maximum Gasteiger partial charge on any atom is 0.240 e. The van der Waals surface area contributed by atoms with Crippen LogP contribution in [0.2, 0.25) is 0 Å². The van der Waals surface area contributed by atoms with Gasteiger partial charge in [-0.2, -0.15) is 0 Å². The zero-order chi connectivity index (χ0) is 11.1. The minimum Gasteiger partial charge on any atom is -0.326 e. The van der Waals surface area contributed by atoms with Crippen molar-refractivity contribution in [3.8, 4) is 0 Å². The number of nitrogens with one attached hydrogen (secondary N) is 1. The molecule has 15 heavy (non-hydrogen) atoms. The Morgan fingerprint density at radius 3 is 2.67 bits per heavy atom. The minimum atomic E-state index is -3.38. The summed E-state index contributed by atoms with van der Waals surface area (Å²) in [5, 5.41) is 0. The minimum absolute atomic E-state index is 0.0235. The third kappa shape index (κ3) is 2.37. The van der Waals surface area contributed by atoms with Gasteiger partial charge in [-0.05, 0) is 31.0 Å². The number of nitrogens with two attached hydrogens (primary N) is 1. The molecule has 82 valence electrons. The van der Waals surface area contributed by atoms with E-state index in [1.807, 2.05) is 13.0 Å². The standard InChI is InChI=1S/C10H14N2O2S/c1-7-3-2-4-8(5-7)15(13,14)12-10-6-9(10)11/h2-5,9-10,12H,6,11H2,1H3. The van der Waals surface area contributed by atoms with Gasteiger partial charge in [-0.25, -0.2) is 13.1 Å². The second-order valence-corrected chi connectivity index (χ2v) is 5.66. The molecule has 3 N–H and O–H groups in total. The second-order valence-electron chi connectivity index (χ2n) is 3.94.